The maximum atomic E-state index is 12.5. The van der Waals surface area contributed by atoms with E-state index in [2.05, 4.69) is 9.88 Å². The van der Waals surface area contributed by atoms with Gasteiger partial charge in [0.15, 0.2) is 5.76 Å². The summed E-state index contributed by atoms with van der Waals surface area (Å²) in [6.45, 7) is 3.30. The first kappa shape index (κ1) is 19.8. The molecule has 0 spiro atoms. The van der Waals surface area contributed by atoms with Gasteiger partial charge in [0, 0.05) is 6.07 Å². The lowest BCUT2D eigenvalue weighted by atomic mass is 10.1. The normalized spacial score (nSPS) is 12.8. The zero-order chi connectivity index (χ0) is 20.1. The minimum absolute atomic E-state index is 0.0769. The highest BCUT2D eigenvalue weighted by molar-refractivity contribution is 7.89. The zero-order valence-electron chi connectivity index (χ0n) is 15.4. The summed E-state index contributed by atoms with van der Waals surface area (Å²) < 4.78 is 43.0. The number of aromatic nitrogens is 1. The van der Waals surface area contributed by atoms with E-state index in [-0.39, 0.29) is 17.4 Å². The van der Waals surface area contributed by atoms with E-state index < -0.39 is 22.0 Å². The molecule has 28 heavy (non-hydrogen) atoms. The summed E-state index contributed by atoms with van der Waals surface area (Å²) in [4.78, 5) is 12.6. The van der Waals surface area contributed by atoms with Crippen molar-refractivity contribution in [3.63, 3.8) is 0 Å². The van der Waals surface area contributed by atoms with Crippen LogP contribution >= 0.6 is 0 Å². The summed E-state index contributed by atoms with van der Waals surface area (Å²) in [6.07, 6.45) is 1.50. The van der Waals surface area contributed by atoms with Gasteiger partial charge in [-0.3, -0.25) is 4.79 Å². The number of nitrogens with one attached hydrogen (secondary N) is 1. The van der Waals surface area contributed by atoms with Gasteiger partial charge in [0.25, 0.3) is 0 Å². The minimum Gasteiger partial charge on any atom is -0.461 e. The minimum atomic E-state index is -3.86. The first-order valence-electron chi connectivity index (χ1n) is 8.60. The molecule has 3 aromatic rings. The average molecular weight is 404 g/mol. The molecule has 1 aromatic carbocycles. The number of furan rings is 1. The van der Waals surface area contributed by atoms with Gasteiger partial charge in [-0.1, -0.05) is 37.2 Å². The SMILES string of the molecule is CC(C)[C@H](NS(=O)(=O)c1ccccc1)C(=O)OCc1cc(-c2ccco2)on1. The van der Waals surface area contributed by atoms with E-state index in [1.54, 1.807) is 50.2 Å². The second kappa shape index (κ2) is 8.41. The van der Waals surface area contributed by atoms with Gasteiger partial charge in [0.05, 0.1) is 11.2 Å². The molecule has 0 bridgehead atoms. The van der Waals surface area contributed by atoms with Crippen LogP contribution in [0.2, 0.25) is 0 Å². The number of hydrogen-bond donors (Lipinski definition) is 1. The molecule has 0 radical (unpaired) electrons. The van der Waals surface area contributed by atoms with Crippen molar-refractivity contribution in [3.8, 4) is 11.5 Å². The van der Waals surface area contributed by atoms with E-state index in [1.165, 1.54) is 18.4 Å². The molecule has 0 fully saturated rings. The lowest BCUT2D eigenvalue weighted by molar-refractivity contribution is -0.148. The molecule has 0 saturated heterocycles. The van der Waals surface area contributed by atoms with Gasteiger partial charge < -0.3 is 13.7 Å². The predicted molar refractivity (Wildman–Crippen MR) is 99.4 cm³/mol. The molecule has 8 nitrogen and oxygen atoms in total. The maximum absolute atomic E-state index is 12.5. The van der Waals surface area contributed by atoms with Crippen LogP contribution in [-0.2, 0) is 26.2 Å². The zero-order valence-corrected chi connectivity index (χ0v) is 16.2. The fourth-order valence-corrected chi connectivity index (χ4v) is 3.79. The number of benzene rings is 1. The second-order valence-electron chi connectivity index (χ2n) is 6.42. The molecule has 0 amide bonds. The number of nitrogens with zero attached hydrogens (tertiary/aromatic N) is 1. The van der Waals surface area contributed by atoms with Crippen molar-refractivity contribution in [2.75, 3.05) is 0 Å². The van der Waals surface area contributed by atoms with Crippen LogP contribution in [0.25, 0.3) is 11.5 Å². The van der Waals surface area contributed by atoms with E-state index in [4.69, 9.17) is 13.7 Å². The first-order valence-corrected chi connectivity index (χ1v) is 10.1. The topological polar surface area (TPSA) is 112 Å². The van der Waals surface area contributed by atoms with Gasteiger partial charge in [-0.15, -0.1) is 0 Å². The van der Waals surface area contributed by atoms with E-state index >= 15 is 0 Å². The van der Waals surface area contributed by atoms with Crippen LogP contribution in [0.15, 0.2) is 68.6 Å². The number of esters is 1. The fourth-order valence-electron chi connectivity index (χ4n) is 2.44. The monoisotopic (exact) mass is 404 g/mol. The Balaban J connectivity index is 1.65. The molecular formula is C19H20N2O6S. The Hall–Kier alpha value is -2.91. The summed E-state index contributed by atoms with van der Waals surface area (Å²) in [5.74, 6) is -0.110. The van der Waals surface area contributed by atoms with Crippen molar-refractivity contribution >= 4 is 16.0 Å². The van der Waals surface area contributed by atoms with Gasteiger partial charge in [0.1, 0.15) is 18.3 Å². The number of hydrogen-bond acceptors (Lipinski definition) is 7. The third-order valence-electron chi connectivity index (χ3n) is 3.94. The Morgan fingerprint density at radius 2 is 1.89 bits per heavy atom. The number of ether oxygens (including phenoxy) is 1. The molecule has 0 saturated carbocycles. The van der Waals surface area contributed by atoms with Gasteiger partial charge in [-0.05, 0) is 30.2 Å². The highest BCUT2D eigenvalue weighted by atomic mass is 32.2. The van der Waals surface area contributed by atoms with Crippen LogP contribution in [0.5, 0.6) is 0 Å². The maximum Gasteiger partial charge on any atom is 0.324 e. The Bertz CT molecular complexity index is 1010. The number of carbonyl (C=O) groups excluding carboxylic acids is 1. The van der Waals surface area contributed by atoms with Crippen molar-refractivity contribution in [1.29, 1.82) is 0 Å². The van der Waals surface area contributed by atoms with Crippen LogP contribution in [-0.4, -0.2) is 25.6 Å². The third kappa shape index (κ3) is 4.68. The van der Waals surface area contributed by atoms with Crippen molar-refractivity contribution in [2.45, 2.75) is 31.4 Å². The average Bonchev–Trinajstić information content (AvgIpc) is 3.36. The third-order valence-corrected chi connectivity index (χ3v) is 5.40. The van der Waals surface area contributed by atoms with Gasteiger partial charge >= 0.3 is 5.97 Å². The van der Waals surface area contributed by atoms with Crippen molar-refractivity contribution in [1.82, 2.24) is 9.88 Å². The van der Waals surface area contributed by atoms with Gasteiger partial charge in [-0.2, -0.15) is 4.72 Å². The van der Waals surface area contributed by atoms with Gasteiger partial charge in [-0.25, -0.2) is 8.42 Å². The summed E-state index contributed by atoms with van der Waals surface area (Å²) in [7, 11) is -3.86. The molecule has 3 rings (SSSR count). The van der Waals surface area contributed by atoms with E-state index in [0.29, 0.717) is 17.2 Å². The molecule has 2 aromatic heterocycles. The van der Waals surface area contributed by atoms with E-state index in [0.717, 1.165) is 0 Å². The Morgan fingerprint density at radius 3 is 2.54 bits per heavy atom. The molecule has 0 aliphatic rings. The van der Waals surface area contributed by atoms with E-state index in [9.17, 15) is 13.2 Å². The van der Waals surface area contributed by atoms with Crippen LogP contribution in [0.4, 0.5) is 0 Å². The molecule has 0 unspecified atom stereocenters. The quantitative estimate of drug-likeness (QED) is 0.574. The molecule has 0 aliphatic carbocycles. The molecule has 1 N–H and O–H groups in total. The van der Waals surface area contributed by atoms with Crippen LogP contribution in [0, 0.1) is 5.92 Å². The van der Waals surface area contributed by atoms with Crippen molar-refractivity contribution < 1.29 is 26.9 Å². The predicted octanol–water partition coefficient (Wildman–Crippen LogP) is 2.98. The highest BCUT2D eigenvalue weighted by Crippen LogP contribution is 2.21. The smallest absolute Gasteiger partial charge is 0.324 e. The lowest BCUT2D eigenvalue weighted by Gasteiger charge is -2.20. The van der Waals surface area contributed by atoms with Gasteiger partial charge in [0.2, 0.25) is 15.8 Å². The summed E-state index contributed by atoms with van der Waals surface area (Å²) in [5, 5.41) is 3.82. The molecule has 0 aliphatic heterocycles. The number of rotatable bonds is 8. The molecule has 2 heterocycles. The molecule has 148 valence electrons. The highest BCUT2D eigenvalue weighted by Gasteiger charge is 2.29. The van der Waals surface area contributed by atoms with Crippen LogP contribution in [0.3, 0.4) is 0 Å². The summed E-state index contributed by atoms with van der Waals surface area (Å²) in [6, 6.07) is 11.8. The second-order valence-corrected chi connectivity index (χ2v) is 8.14. The Labute approximate surface area is 162 Å². The standard InChI is InChI=1S/C19H20N2O6S/c1-13(2)18(21-28(23,24)15-7-4-3-5-8-15)19(22)26-12-14-11-17(27-20-14)16-9-6-10-25-16/h3-11,13,18,21H,12H2,1-2H3/t18-/m0/s1. The first-order chi connectivity index (χ1) is 13.4. The molecular weight excluding hydrogens is 384 g/mol. The van der Waals surface area contributed by atoms with E-state index in [1.807, 2.05) is 0 Å². The van der Waals surface area contributed by atoms with Crippen molar-refractivity contribution in [2.24, 2.45) is 5.92 Å². The summed E-state index contributed by atoms with van der Waals surface area (Å²) in [5.41, 5.74) is 0.383. The Kier molecular flexibility index (Phi) is 5.96. The van der Waals surface area contributed by atoms with Crippen LogP contribution < -0.4 is 4.72 Å². The largest absolute Gasteiger partial charge is 0.461 e. The number of carbonyl (C=O) groups is 1. The lowest BCUT2D eigenvalue weighted by Crippen LogP contribution is -2.45. The molecule has 9 heteroatoms. The molecule has 1 atom stereocenters. The Morgan fingerprint density at radius 1 is 1.14 bits per heavy atom. The number of sulfonamides is 1. The van der Waals surface area contributed by atoms with Crippen molar-refractivity contribution in [3.05, 3.63) is 60.5 Å². The summed E-state index contributed by atoms with van der Waals surface area (Å²) >= 11 is 0. The fraction of sp³-hybridized carbons (Fsp3) is 0.263. The van der Waals surface area contributed by atoms with Crippen LogP contribution in [0.1, 0.15) is 19.5 Å².